The molecule has 0 saturated carbocycles. The second kappa shape index (κ2) is 9.23. The molecule has 0 aliphatic carbocycles. The van der Waals surface area contributed by atoms with Crippen LogP contribution < -0.4 is 10.1 Å². The van der Waals surface area contributed by atoms with Gasteiger partial charge in [-0.1, -0.05) is 48.5 Å². The van der Waals surface area contributed by atoms with Gasteiger partial charge in [0.05, 0.1) is 0 Å². The molecule has 0 radical (unpaired) electrons. The van der Waals surface area contributed by atoms with Crippen molar-refractivity contribution in [2.45, 2.75) is 31.2 Å². The molecule has 0 spiro atoms. The van der Waals surface area contributed by atoms with Crippen LogP contribution in [-0.2, 0) is 17.0 Å². The molecular weight excluding hydrogens is 360 g/mol. The van der Waals surface area contributed by atoms with E-state index in [2.05, 4.69) is 20.5 Å². The van der Waals surface area contributed by atoms with Gasteiger partial charge in [0.25, 0.3) is 5.91 Å². The van der Waals surface area contributed by atoms with Crippen molar-refractivity contribution in [1.82, 2.24) is 15.2 Å². The third-order valence-corrected chi connectivity index (χ3v) is 4.76. The molecule has 0 saturated heterocycles. The number of ether oxygens (including phenoxy) is 1. The lowest BCUT2D eigenvalue weighted by Gasteiger charge is -2.08. The number of carbonyl (C=O) groups is 1. The number of hydrogen-bond donors (Lipinski definition) is 2. The first-order valence-electron chi connectivity index (χ1n) is 8.74. The Bertz CT molecular complexity index is 876. The van der Waals surface area contributed by atoms with E-state index in [1.807, 2.05) is 62.4 Å². The highest BCUT2D eigenvalue weighted by Gasteiger charge is 2.06. The van der Waals surface area contributed by atoms with Crippen LogP contribution in [-0.4, -0.2) is 27.7 Å². The van der Waals surface area contributed by atoms with Gasteiger partial charge in [-0.15, -0.1) is 5.10 Å². The summed E-state index contributed by atoms with van der Waals surface area (Å²) in [5, 5.41) is 10.7. The summed E-state index contributed by atoms with van der Waals surface area (Å²) < 4.78 is 5.49. The first kappa shape index (κ1) is 19.0. The SMILES string of the molecule is CCc1nc(SCc2ccc(NC(=O)COc3ccc(C)cc3)cc2)n[nH]1. The lowest BCUT2D eigenvalue weighted by Crippen LogP contribution is -2.20. The zero-order valence-electron chi connectivity index (χ0n) is 15.4. The number of aromatic nitrogens is 3. The number of carbonyl (C=O) groups excluding carboxylic acids is 1. The highest BCUT2D eigenvalue weighted by atomic mass is 32.2. The summed E-state index contributed by atoms with van der Waals surface area (Å²) in [7, 11) is 0. The Labute approximate surface area is 162 Å². The number of benzene rings is 2. The fraction of sp³-hybridized carbons (Fsp3) is 0.250. The number of nitrogens with zero attached hydrogens (tertiary/aromatic N) is 2. The number of H-pyrrole nitrogens is 1. The molecule has 0 fully saturated rings. The molecule has 0 atom stereocenters. The van der Waals surface area contributed by atoms with E-state index in [4.69, 9.17) is 4.74 Å². The van der Waals surface area contributed by atoms with Crippen molar-refractivity contribution >= 4 is 23.4 Å². The van der Waals surface area contributed by atoms with Gasteiger partial charge in [0, 0.05) is 17.9 Å². The number of aryl methyl sites for hydroxylation is 2. The standard InChI is InChI=1S/C20H22N4O2S/c1-3-18-22-20(24-23-18)27-13-15-6-8-16(9-7-15)21-19(25)12-26-17-10-4-14(2)5-11-17/h4-11H,3,12-13H2,1-2H3,(H,21,25)(H,22,23,24). The Balaban J connectivity index is 1.45. The molecule has 0 unspecified atom stereocenters. The van der Waals surface area contributed by atoms with Crippen molar-refractivity contribution in [1.29, 1.82) is 0 Å². The van der Waals surface area contributed by atoms with Crippen LogP contribution in [0.4, 0.5) is 5.69 Å². The number of hydrogen-bond acceptors (Lipinski definition) is 5. The minimum absolute atomic E-state index is 0.0226. The van der Waals surface area contributed by atoms with E-state index in [-0.39, 0.29) is 12.5 Å². The molecule has 140 valence electrons. The second-order valence-electron chi connectivity index (χ2n) is 6.05. The van der Waals surface area contributed by atoms with Gasteiger partial charge < -0.3 is 10.1 Å². The Kier molecular flexibility index (Phi) is 6.49. The maximum Gasteiger partial charge on any atom is 0.262 e. The lowest BCUT2D eigenvalue weighted by atomic mass is 10.2. The van der Waals surface area contributed by atoms with Crippen LogP contribution in [0.15, 0.2) is 53.7 Å². The first-order valence-corrected chi connectivity index (χ1v) is 9.73. The van der Waals surface area contributed by atoms with Crippen LogP contribution >= 0.6 is 11.8 Å². The highest BCUT2D eigenvalue weighted by Crippen LogP contribution is 2.20. The van der Waals surface area contributed by atoms with E-state index in [1.54, 1.807) is 11.8 Å². The first-order chi connectivity index (χ1) is 13.1. The van der Waals surface area contributed by atoms with Gasteiger partial charge in [0.1, 0.15) is 11.6 Å². The summed E-state index contributed by atoms with van der Waals surface area (Å²) in [5.41, 5.74) is 3.03. The highest BCUT2D eigenvalue weighted by molar-refractivity contribution is 7.98. The summed E-state index contributed by atoms with van der Waals surface area (Å²) in [6, 6.07) is 15.3. The van der Waals surface area contributed by atoms with Gasteiger partial charge in [-0.2, -0.15) is 0 Å². The molecule has 3 rings (SSSR count). The zero-order chi connectivity index (χ0) is 19.1. The molecule has 1 heterocycles. The Morgan fingerprint density at radius 2 is 1.89 bits per heavy atom. The maximum absolute atomic E-state index is 12.0. The van der Waals surface area contributed by atoms with Crippen molar-refractivity contribution in [3.05, 3.63) is 65.5 Å². The van der Waals surface area contributed by atoms with Crippen molar-refractivity contribution in [2.24, 2.45) is 0 Å². The summed E-state index contributed by atoms with van der Waals surface area (Å²) >= 11 is 1.58. The fourth-order valence-electron chi connectivity index (χ4n) is 2.31. The van der Waals surface area contributed by atoms with Gasteiger partial charge in [-0.05, 0) is 36.8 Å². The molecule has 2 N–H and O–H groups in total. The monoisotopic (exact) mass is 382 g/mol. The molecule has 1 amide bonds. The molecular formula is C20H22N4O2S. The van der Waals surface area contributed by atoms with E-state index in [0.717, 1.165) is 40.0 Å². The summed E-state index contributed by atoms with van der Waals surface area (Å²) in [6.07, 6.45) is 0.843. The second-order valence-corrected chi connectivity index (χ2v) is 7.00. The average molecular weight is 382 g/mol. The number of rotatable bonds is 8. The number of aromatic amines is 1. The molecule has 0 aliphatic rings. The van der Waals surface area contributed by atoms with Crippen LogP contribution in [0.2, 0.25) is 0 Å². The Morgan fingerprint density at radius 3 is 2.56 bits per heavy atom. The largest absolute Gasteiger partial charge is 0.484 e. The zero-order valence-corrected chi connectivity index (χ0v) is 16.2. The summed E-state index contributed by atoms with van der Waals surface area (Å²) in [5.74, 6) is 2.15. The minimum Gasteiger partial charge on any atom is -0.484 e. The van der Waals surface area contributed by atoms with Crippen LogP contribution in [0.3, 0.4) is 0 Å². The molecule has 27 heavy (non-hydrogen) atoms. The summed E-state index contributed by atoms with van der Waals surface area (Å²) in [6.45, 7) is 4.02. The molecule has 2 aromatic carbocycles. The van der Waals surface area contributed by atoms with Crippen LogP contribution in [0.5, 0.6) is 5.75 Å². The normalized spacial score (nSPS) is 10.6. The molecule has 6 nitrogen and oxygen atoms in total. The predicted molar refractivity (Wildman–Crippen MR) is 107 cm³/mol. The number of anilines is 1. The van der Waals surface area contributed by atoms with Crippen LogP contribution in [0.1, 0.15) is 23.9 Å². The molecule has 0 bridgehead atoms. The summed E-state index contributed by atoms with van der Waals surface area (Å²) in [4.78, 5) is 16.4. The Hall–Kier alpha value is -2.80. The average Bonchev–Trinajstić information content (AvgIpc) is 3.15. The number of amides is 1. The van der Waals surface area contributed by atoms with Gasteiger partial charge in [0.15, 0.2) is 6.61 Å². The molecule has 7 heteroatoms. The quantitative estimate of drug-likeness (QED) is 0.576. The van der Waals surface area contributed by atoms with Gasteiger partial charge in [-0.25, -0.2) is 4.98 Å². The van der Waals surface area contributed by atoms with Gasteiger partial charge in [0.2, 0.25) is 5.16 Å². The smallest absolute Gasteiger partial charge is 0.262 e. The minimum atomic E-state index is -0.189. The van der Waals surface area contributed by atoms with Gasteiger partial charge in [-0.3, -0.25) is 9.89 Å². The van der Waals surface area contributed by atoms with Crippen LogP contribution in [0, 0.1) is 6.92 Å². The third-order valence-electron chi connectivity index (χ3n) is 3.84. The fourth-order valence-corrected chi connectivity index (χ4v) is 3.09. The molecule has 0 aliphatic heterocycles. The number of thioether (sulfide) groups is 1. The lowest BCUT2D eigenvalue weighted by molar-refractivity contribution is -0.118. The Morgan fingerprint density at radius 1 is 1.15 bits per heavy atom. The third kappa shape index (κ3) is 5.86. The van der Waals surface area contributed by atoms with Crippen molar-refractivity contribution in [2.75, 3.05) is 11.9 Å². The van der Waals surface area contributed by atoms with E-state index >= 15 is 0 Å². The van der Waals surface area contributed by atoms with Crippen molar-refractivity contribution in [3.8, 4) is 5.75 Å². The molecule has 1 aromatic heterocycles. The van der Waals surface area contributed by atoms with E-state index in [0.29, 0.717) is 5.75 Å². The molecule has 3 aromatic rings. The predicted octanol–water partition coefficient (Wildman–Crippen LogP) is 3.99. The van der Waals surface area contributed by atoms with Gasteiger partial charge >= 0.3 is 0 Å². The van der Waals surface area contributed by atoms with Crippen molar-refractivity contribution < 1.29 is 9.53 Å². The maximum atomic E-state index is 12.0. The van der Waals surface area contributed by atoms with Crippen LogP contribution in [0.25, 0.3) is 0 Å². The van der Waals surface area contributed by atoms with Crippen molar-refractivity contribution in [3.63, 3.8) is 0 Å². The van der Waals surface area contributed by atoms with E-state index in [1.165, 1.54) is 0 Å². The van der Waals surface area contributed by atoms with E-state index in [9.17, 15) is 4.79 Å². The van der Waals surface area contributed by atoms with E-state index < -0.39 is 0 Å². The number of nitrogens with one attached hydrogen (secondary N) is 2. The topological polar surface area (TPSA) is 79.9 Å².